The van der Waals surface area contributed by atoms with Gasteiger partial charge in [0.05, 0.1) is 12.3 Å². The van der Waals surface area contributed by atoms with Crippen LogP contribution in [-0.2, 0) is 21.4 Å². The molecule has 120 valence electrons. The van der Waals surface area contributed by atoms with Gasteiger partial charge in [-0.05, 0) is 30.5 Å². The first-order valence-corrected chi connectivity index (χ1v) is 8.78. The number of sulfonamides is 1. The van der Waals surface area contributed by atoms with E-state index < -0.39 is 10.0 Å². The molecule has 7 nitrogen and oxygen atoms in total. The van der Waals surface area contributed by atoms with Gasteiger partial charge in [-0.2, -0.15) is 4.31 Å². The Morgan fingerprint density at radius 3 is 2.86 bits per heavy atom. The van der Waals surface area contributed by atoms with Crippen LogP contribution in [0.2, 0.25) is 0 Å². The number of carbonyl (C=O) groups excluding carboxylic acids is 1. The molecule has 1 saturated heterocycles. The SMILES string of the molecule is O=C(CN1CCCCS1(=O)=O)NCc1ccc2c(c1)OCO2. The third kappa shape index (κ3) is 3.33. The minimum Gasteiger partial charge on any atom is -0.454 e. The summed E-state index contributed by atoms with van der Waals surface area (Å²) in [6, 6.07) is 5.44. The van der Waals surface area contributed by atoms with Gasteiger partial charge in [-0.25, -0.2) is 8.42 Å². The maximum atomic E-state index is 11.9. The van der Waals surface area contributed by atoms with Crippen LogP contribution < -0.4 is 14.8 Å². The molecule has 0 radical (unpaired) electrons. The molecule has 0 unspecified atom stereocenters. The molecule has 1 amide bonds. The number of hydrogen-bond donors (Lipinski definition) is 1. The molecule has 0 bridgehead atoms. The monoisotopic (exact) mass is 326 g/mol. The summed E-state index contributed by atoms with van der Waals surface area (Å²) in [5, 5.41) is 2.73. The van der Waals surface area contributed by atoms with Gasteiger partial charge in [-0.3, -0.25) is 4.79 Å². The van der Waals surface area contributed by atoms with E-state index >= 15 is 0 Å². The summed E-state index contributed by atoms with van der Waals surface area (Å²) in [4.78, 5) is 11.9. The van der Waals surface area contributed by atoms with Crippen LogP contribution in [0.3, 0.4) is 0 Å². The number of nitrogens with zero attached hydrogens (tertiary/aromatic N) is 1. The van der Waals surface area contributed by atoms with E-state index in [9.17, 15) is 13.2 Å². The standard InChI is InChI=1S/C14H18N2O5S/c17-14(9-16-5-1-2-6-22(16,18)19)15-8-11-3-4-12-13(7-11)21-10-20-12/h3-4,7H,1-2,5-6,8-10H2,(H,15,17). The van der Waals surface area contributed by atoms with E-state index in [2.05, 4.69) is 5.32 Å². The normalized spacial score (nSPS) is 19.8. The fourth-order valence-corrected chi connectivity index (χ4v) is 4.03. The Balaban J connectivity index is 1.54. The molecule has 8 heteroatoms. The van der Waals surface area contributed by atoms with Gasteiger partial charge in [-0.1, -0.05) is 6.07 Å². The molecule has 2 aliphatic rings. The average Bonchev–Trinajstić information content (AvgIpc) is 2.95. The molecule has 1 aromatic rings. The lowest BCUT2D eigenvalue weighted by molar-refractivity contribution is -0.121. The summed E-state index contributed by atoms with van der Waals surface area (Å²) >= 11 is 0. The number of fused-ring (bicyclic) bond motifs is 1. The summed E-state index contributed by atoms with van der Waals surface area (Å²) in [5.41, 5.74) is 0.874. The minimum atomic E-state index is -3.27. The molecule has 0 spiro atoms. The molecule has 1 aromatic carbocycles. The summed E-state index contributed by atoms with van der Waals surface area (Å²) in [7, 11) is -3.27. The van der Waals surface area contributed by atoms with Crippen molar-refractivity contribution in [2.24, 2.45) is 0 Å². The molecule has 0 aliphatic carbocycles. The molecular formula is C14H18N2O5S. The Bertz CT molecular complexity index is 674. The molecular weight excluding hydrogens is 308 g/mol. The van der Waals surface area contributed by atoms with Crippen molar-refractivity contribution < 1.29 is 22.7 Å². The van der Waals surface area contributed by atoms with Crippen molar-refractivity contribution in [3.63, 3.8) is 0 Å². The lowest BCUT2D eigenvalue weighted by Crippen LogP contribution is -2.44. The molecule has 2 aliphatic heterocycles. The van der Waals surface area contributed by atoms with Crippen molar-refractivity contribution >= 4 is 15.9 Å². The largest absolute Gasteiger partial charge is 0.454 e. The fourth-order valence-electron chi connectivity index (χ4n) is 2.49. The number of benzene rings is 1. The number of nitrogens with one attached hydrogen (secondary N) is 1. The lowest BCUT2D eigenvalue weighted by atomic mass is 10.2. The number of amides is 1. The highest BCUT2D eigenvalue weighted by molar-refractivity contribution is 7.89. The number of ether oxygens (including phenoxy) is 2. The lowest BCUT2D eigenvalue weighted by Gasteiger charge is -2.25. The smallest absolute Gasteiger partial charge is 0.235 e. The van der Waals surface area contributed by atoms with Gasteiger partial charge < -0.3 is 14.8 Å². The second-order valence-electron chi connectivity index (χ2n) is 5.32. The van der Waals surface area contributed by atoms with Crippen LogP contribution in [-0.4, -0.2) is 44.3 Å². The topological polar surface area (TPSA) is 84.9 Å². The van der Waals surface area contributed by atoms with E-state index in [1.807, 2.05) is 6.07 Å². The van der Waals surface area contributed by atoms with Crippen molar-refractivity contribution in [3.05, 3.63) is 23.8 Å². The molecule has 0 atom stereocenters. The first-order valence-electron chi connectivity index (χ1n) is 7.18. The molecule has 0 saturated carbocycles. The minimum absolute atomic E-state index is 0.118. The van der Waals surface area contributed by atoms with Crippen molar-refractivity contribution in [2.75, 3.05) is 25.6 Å². The second-order valence-corrected chi connectivity index (χ2v) is 7.41. The molecule has 2 heterocycles. The zero-order valence-corrected chi connectivity index (χ0v) is 12.9. The predicted molar refractivity (Wildman–Crippen MR) is 79.0 cm³/mol. The van der Waals surface area contributed by atoms with Gasteiger partial charge >= 0.3 is 0 Å². The molecule has 22 heavy (non-hydrogen) atoms. The molecule has 3 rings (SSSR count). The van der Waals surface area contributed by atoms with E-state index in [-0.39, 0.29) is 25.0 Å². The zero-order chi connectivity index (χ0) is 15.6. The van der Waals surface area contributed by atoms with Crippen molar-refractivity contribution in [1.29, 1.82) is 0 Å². The fraction of sp³-hybridized carbons (Fsp3) is 0.500. The van der Waals surface area contributed by atoms with Gasteiger partial charge in [0.2, 0.25) is 22.7 Å². The molecule has 0 aromatic heterocycles. The van der Waals surface area contributed by atoms with Gasteiger partial charge in [0.1, 0.15) is 0 Å². The van der Waals surface area contributed by atoms with Crippen molar-refractivity contribution in [3.8, 4) is 11.5 Å². The predicted octanol–water partition coefficient (Wildman–Crippen LogP) is 0.457. The first kappa shape index (κ1) is 15.1. The summed E-state index contributed by atoms with van der Waals surface area (Å²) in [6.07, 6.45) is 1.46. The van der Waals surface area contributed by atoms with Crippen molar-refractivity contribution in [2.45, 2.75) is 19.4 Å². The quantitative estimate of drug-likeness (QED) is 0.869. The third-order valence-corrected chi connectivity index (χ3v) is 5.60. The van der Waals surface area contributed by atoms with E-state index in [0.717, 1.165) is 12.0 Å². The second kappa shape index (κ2) is 6.13. The molecule has 1 fully saturated rings. The van der Waals surface area contributed by atoms with E-state index in [1.54, 1.807) is 12.1 Å². The Labute approximate surface area is 129 Å². The number of carbonyl (C=O) groups is 1. The summed E-state index contributed by atoms with van der Waals surface area (Å²) in [5.74, 6) is 1.17. The number of hydrogen-bond acceptors (Lipinski definition) is 5. The van der Waals surface area contributed by atoms with Crippen LogP contribution in [0.1, 0.15) is 18.4 Å². The molecule has 1 N–H and O–H groups in total. The van der Waals surface area contributed by atoms with Crippen molar-refractivity contribution in [1.82, 2.24) is 9.62 Å². The zero-order valence-electron chi connectivity index (χ0n) is 12.1. The highest BCUT2D eigenvalue weighted by Crippen LogP contribution is 2.32. The Kier molecular flexibility index (Phi) is 4.21. The summed E-state index contributed by atoms with van der Waals surface area (Å²) in [6.45, 7) is 0.827. The van der Waals surface area contributed by atoms with Crippen LogP contribution in [0.25, 0.3) is 0 Å². The highest BCUT2D eigenvalue weighted by atomic mass is 32.2. The third-order valence-electron chi connectivity index (χ3n) is 3.70. The van der Waals surface area contributed by atoms with Crippen LogP contribution in [0.4, 0.5) is 0 Å². The summed E-state index contributed by atoms with van der Waals surface area (Å²) < 4.78 is 35.4. The Hall–Kier alpha value is -1.80. The Morgan fingerprint density at radius 1 is 1.23 bits per heavy atom. The number of rotatable bonds is 4. The highest BCUT2D eigenvalue weighted by Gasteiger charge is 2.27. The van der Waals surface area contributed by atoms with E-state index in [0.29, 0.717) is 31.0 Å². The van der Waals surface area contributed by atoms with Gasteiger partial charge in [0.15, 0.2) is 11.5 Å². The van der Waals surface area contributed by atoms with Gasteiger partial charge in [-0.15, -0.1) is 0 Å². The van der Waals surface area contributed by atoms with E-state index in [1.165, 1.54) is 4.31 Å². The maximum Gasteiger partial charge on any atom is 0.235 e. The Morgan fingerprint density at radius 2 is 2.05 bits per heavy atom. The first-order chi connectivity index (χ1) is 10.5. The van der Waals surface area contributed by atoms with Crippen LogP contribution in [0.5, 0.6) is 11.5 Å². The van der Waals surface area contributed by atoms with Crippen LogP contribution in [0.15, 0.2) is 18.2 Å². The van der Waals surface area contributed by atoms with Gasteiger partial charge in [0.25, 0.3) is 0 Å². The van der Waals surface area contributed by atoms with Crippen LogP contribution >= 0.6 is 0 Å². The average molecular weight is 326 g/mol. The van der Waals surface area contributed by atoms with Gasteiger partial charge in [0, 0.05) is 13.1 Å². The van der Waals surface area contributed by atoms with E-state index in [4.69, 9.17) is 9.47 Å². The maximum absolute atomic E-state index is 11.9. The van der Waals surface area contributed by atoms with Crippen LogP contribution in [0, 0.1) is 0 Å².